The highest BCUT2D eigenvalue weighted by atomic mass is 16.6. The summed E-state index contributed by atoms with van der Waals surface area (Å²) in [6.07, 6.45) is -1.15. The summed E-state index contributed by atoms with van der Waals surface area (Å²) in [5, 5.41) is 6.66. The number of ether oxygens (including phenoxy) is 2. The Morgan fingerprint density at radius 2 is 1.80 bits per heavy atom. The number of aromatic nitrogens is 1. The van der Waals surface area contributed by atoms with Crippen molar-refractivity contribution in [2.75, 3.05) is 12.4 Å². The highest BCUT2D eigenvalue weighted by Gasteiger charge is 2.30. The topological polar surface area (TPSA) is 90.7 Å². The molecule has 0 unspecified atom stereocenters. The van der Waals surface area contributed by atoms with Crippen molar-refractivity contribution in [3.8, 4) is 5.75 Å². The third kappa shape index (κ3) is 4.68. The minimum absolute atomic E-state index is 0.0606. The number of carbonyl (C=O) groups excluding carboxylic acids is 2. The molecule has 1 atom stereocenters. The summed E-state index contributed by atoms with van der Waals surface area (Å²) in [5.74, 6) is -0.176. The zero-order valence-corrected chi connectivity index (χ0v) is 17.3. The van der Waals surface area contributed by atoms with Gasteiger partial charge in [0, 0.05) is 23.2 Å². The number of methoxy groups -OCH3 is 1. The molecule has 0 aliphatic carbocycles. The molecule has 7 heteroatoms. The smallest absolute Gasteiger partial charge is 0.344 e. The molecule has 2 aromatic carbocycles. The predicted molar refractivity (Wildman–Crippen MR) is 112 cm³/mol. The molecule has 1 heterocycles. The molecule has 0 aliphatic rings. The number of rotatable bonds is 7. The number of benzene rings is 2. The van der Waals surface area contributed by atoms with E-state index in [0.717, 1.165) is 0 Å². The molecular weight excluding hydrogens is 384 g/mol. The molecule has 1 amide bonds. The number of amides is 1. The number of esters is 1. The molecule has 30 heavy (non-hydrogen) atoms. The number of aryl methyl sites for hydroxylation is 1. The van der Waals surface area contributed by atoms with Crippen molar-refractivity contribution in [3.63, 3.8) is 0 Å². The maximum absolute atomic E-state index is 13.1. The summed E-state index contributed by atoms with van der Waals surface area (Å²) < 4.78 is 16.1. The van der Waals surface area contributed by atoms with E-state index in [0.29, 0.717) is 28.5 Å². The van der Waals surface area contributed by atoms with Crippen molar-refractivity contribution in [3.05, 3.63) is 77.2 Å². The number of hydrogen-bond acceptors (Lipinski definition) is 6. The van der Waals surface area contributed by atoms with E-state index >= 15 is 0 Å². The largest absolute Gasteiger partial charge is 0.497 e. The second kappa shape index (κ2) is 9.26. The van der Waals surface area contributed by atoms with Crippen LogP contribution in [0.3, 0.4) is 0 Å². The van der Waals surface area contributed by atoms with Crippen LogP contribution in [0.5, 0.6) is 5.75 Å². The second-order valence-electron chi connectivity index (χ2n) is 7.08. The van der Waals surface area contributed by atoms with E-state index in [4.69, 9.17) is 14.0 Å². The first kappa shape index (κ1) is 21.1. The molecule has 0 saturated heterocycles. The zero-order chi connectivity index (χ0) is 21.7. The SMILES string of the molecule is COc1cccc(NC(=O)[C@@H](OC(=O)c2c(C)noc2C(C)C)c2ccccc2)c1. The average molecular weight is 408 g/mol. The van der Waals surface area contributed by atoms with Gasteiger partial charge in [-0.25, -0.2) is 4.79 Å². The second-order valence-corrected chi connectivity index (χ2v) is 7.08. The van der Waals surface area contributed by atoms with Crippen molar-refractivity contribution in [2.24, 2.45) is 0 Å². The Morgan fingerprint density at radius 3 is 2.47 bits per heavy atom. The molecule has 0 spiro atoms. The Labute approximate surface area is 175 Å². The van der Waals surface area contributed by atoms with Gasteiger partial charge in [-0.2, -0.15) is 0 Å². The quantitative estimate of drug-likeness (QED) is 0.572. The lowest BCUT2D eigenvalue weighted by Crippen LogP contribution is -2.26. The van der Waals surface area contributed by atoms with Gasteiger partial charge < -0.3 is 19.3 Å². The Balaban J connectivity index is 1.89. The van der Waals surface area contributed by atoms with Crippen molar-refractivity contribution in [1.29, 1.82) is 0 Å². The van der Waals surface area contributed by atoms with Crippen molar-refractivity contribution < 1.29 is 23.6 Å². The lowest BCUT2D eigenvalue weighted by molar-refractivity contribution is -0.125. The van der Waals surface area contributed by atoms with E-state index in [1.165, 1.54) is 0 Å². The number of nitrogens with zero attached hydrogens (tertiary/aromatic N) is 1. The molecule has 1 aromatic heterocycles. The van der Waals surface area contributed by atoms with Gasteiger partial charge >= 0.3 is 5.97 Å². The van der Waals surface area contributed by atoms with Crippen LogP contribution >= 0.6 is 0 Å². The van der Waals surface area contributed by atoms with Crippen LogP contribution in [-0.2, 0) is 9.53 Å². The Kier molecular flexibility index (Phi) is 6.51. The Bertz CT molecular complexity index is 1030. The first-order valence-corrected chi connectivity index (χ1v) is 9.57. The minimum atomic E-state index is -1.15. The molecular formula is C23H24N2O5. The molecule has 0 fully saturated rings. The molecule has 3 aromatic rings. The monoisotopic (exact) mass is 408 g/mol. The molecule has 7 nitrogen and oxygen atoms in total. The first-order chi connectivity index (χ1) is 14.4. The summed E-state index contributed by atoms with van der Waals surface area (Å²) >= 11 is 0. The normalized spacial score (nSPS) is 11.8. The summed E-state index contributed by atoms with van der Waals surface area (Å²) in [4.78, 5) is 26.0. The number of carbonyl (C=O) groups is 2. The average Bonchev–Trinajstić information content (AvgIpc) is 3.14. The predicted octanol–water partition coefficient (Wildman–Crippen LogP) is 4.65. The number of hydrogen-bond donors (Lipinski definition) is 1. The van der Waals surface area contributed by atoms with Gasteiger partial charge in [0.05, 0.1) is 12.8 Å². The van der Waals surface area contributed by atoms with Crippen LogP contribution in [0.4, 0.5) is 5.69 Å². The Hall–Kier alpha value is -3.61. The first-order valence-electron chi connectivity index (χ1n) is 9.57. The van der Waals surface area contributed by atoms with Crippen LogP contribution < -0.4 is 10.1 Å². The van der Waals surface area contributed by atoms with E-state index < -0.39 is 18.0 Å². The van der Waals surface area contributed by atoms with Crippen LogP contribution in [-0.4, -0.2) is 24.1 Å². The highest BCUT2D eigenvalue weighted by molar-refractivity contribution is 5.98. The van der Waals surface area contributed by atoms with Gasteiger partial charge in [-0.15, -0.1) is 0 Å². The summed E-state index contributed by atoms with van der Waals surface area (Å²) in [7, 11) is 1.54. The number of nitrogens with one attached hydrogen (secondary N) is 1. The van der Waals surface area contributed by atoms with Gasteiger partial charge in [0.1, 0.15) is 11.3 Å². The van der Waals surface area contributed by atoms with Crippen LogP contribution in [0.2, 0.25) is 0 Å². The maximum atomic E-state index is 13.1. The van der Waals surface area contributed by atoms with E-state index in [2.05, 4.69) is 10.5 Å². The van der Waals surface area contributed by atoms with E-state index in [9.17, 15) is 9.59 Å². The van der Waals surface area contributed by atoms with Crippen LogP contribution in [0, 0.1) is 6.92 Å². The molecule has 0 saturated carbocycles. The van der Waals surface area contributed by atoms with E-state index in [1.807, 2.05) is 19.9 Å². The molecule has 0 radical (unpaired) electrons. The third-order valence-corrected chi connectivity index (χ3v) is 4.52. The standard InChI is InChI=1S/C23H24N2O5/c1-14(2)20-19(15(3)25-30-20)23(27)29-21(16-9-6-5-7-10-16)22(26)24-17-11-8-12-18(13-17)28-4/h5-14,21H,1-4H3,(H,24,26)/t21-/m0/s1. The molecule has 3 rings (SSSR count). The van der Waals surface area contributed by atoms with Gasteiger partial charge in [-0.3, -0.25) is 4.79 Å². The fraction of sp³-hybridized carbons (Fsp3) is 0.261. The summed E-state index contributed by atoms with van der Waals surface area (Å²) in [6, 6.07) is 15.8. The number of anilines is 1. The summed E-state index contributed by atoms with van der Waals surface area (Å²) in [5.41, 5.74) is 1.75. The molecule has 0 bridgehead atoms. The third-order valence-electron chi connectivity index (χ3n) is 4.52. The maximum Gasteiger partial charge on any atom is 0.344 e. The van der Waals surface area contributed by atoms with Crippen molar-refractivity contribution in [2.45, 2.75) is 32.8 Å². The van der Waals surface area contributed by atoms with Gasteiger partial charge in [-0.05, 0) is 19.1 Å². The molecule has 0 aliphatic heterocycles. The molecule has 156 valence electrons. The highest BCUT2D eigenvalue weighted by Crippen LogP contribution is 2.27. The van der Waals surface area contributed by atoms with Gasteiger partial charge in [0.2, 0.25) is 6.10 Å². The van der Waals surface area contributed by atoms with Crippen LogP contribution in [0.15, 0.2) is 59.1 Å². The fourth-order valence-electron chi connectivity index (χ4n) is 3.00. The molecule has 1 N–H and O–H groups in total. The Morgan fingerprint density at radius 1 is 1.07 bits per heavy atom. The minimum Gasteiger partial charge on any atom is -0.497 e. The lowest BCUT2D eigenvalue weighted by Gasteiger charge is -2.18. The van der Waals surface area contributed by atoms with Crippen LogP contribution in [0.25, 0.3) is 0 Å². The summed E-state index contributed by atoms with van der Waals surface area (Å²) in [6.45, 7) is 5.45. The van der Waals surface area contributed by atoms with Gasteiger partial charge in [0.15, 0.2) is 5.76 Å². The zero-order valence-electron chi connectivity index (χ0n) is 17.3. The van der Waals surface area contributed by atoms with Crippen molar-refractivity contribution in [1.82, 2.24) is 5.16 Å². The van der Waals surface area contributed by atoms with E-state index in [1.54, 1.807) is 62.6 Å². The fourth-order valence-corrected chi connectivity index (χ4v) is 3.00. The van der Waals surface area contributed by atoms with Crippen LogP contribution in [0.1, 0.15) is 53.2 Å². The van der Waals surface area contributed by atoms with E-state index in [-0.39, 0.29) is 11.5 Å². The lowest BCUT2D eigenvalue weighted by atomic mass is 10.0. The van der Waals surface area contributed by atoms with Crippen molar-refractivity contribution >= 4 is 17.6 Å². The van der Waals surface area contributed by atoms with Gasteiger partial charge in [-0.1, -0.05) is 55.4 Å². The van der Waals surface area contributed by atoms with Gasteiger partial charge in [0.25, 0.3) is 5.91 Å².